The lowest BCUT2D eigenvalue weighted by molar-refractivity contribution is -0.121. The van der Waals surface area contributed by atoms with Crippen LogP contribution in [-0.2, 0) is 17.8 Å². The smallest absolute Gasteiger partial charge is 0.227 e. The Morgan fingerprint density at radius 3 is 2.80 bits per heavy atom. The highest BCUT2D eigenvalue weighted by Crippen LogP contribution is 2.09. The van der Waals surface area contributed by atoms with E-state index in [2.05, 4.69) is 20.5 Å². The number of para-hydroxylation sites is 1. The van der Waals surface area contributed by atoms with E-state index in [9.17, 15) is 4.79 Å². The molecule has 0 bridgehead atoms. The number of benzene rings is 1. The SMILES string of the molecule is CC(C)NC(=O)Cc1n[nH]c(COc2ccccc2)n1. The van der Waals surface area contributed by atoms with Crippen LogP contribution in [0.15, 0.2) is 30.3 Å². The van der Waals surface area contributed by atoms with Gasteiger partial charge in [-0.25, -0.2) is 4.98 Å². The van der Waals surface area contributed by atoms with E-state index >= 15 is 0 Å². The van der Waals surface area contributed by atoms with Crippen LogP contribution in [0.5, 0.6) is 5.75 Å². The largest absolute Gasteiger partial charge is 0.486 e. The van der Waals surface area contributed by atoms with Gasteiger partial charge in [-0.05, 0) is 26.0 Å². The molecule has 0 atom stereocenters. The molecule has 2 N–H and O–H groups in total. The van der Waals surface area contributed by atoms with Gasteiger partial charge in [-0.2, -0.15) is 5.10 Å². The molecule has 106 valence electrons. The molecule has 20 heavy (non-hydrogen) atoms. The van der Waals surface area contributed by atoms with Gasteiger partial charge in [0, 0.05) is 6.04 Å². The van der Waals surface area contributed by atoms with Gasteiger partial charge in [0.25, 0.3) is 0 Å². The number of aromatic amines is 1. The van der Waals surface area contributed by atoms with Crippen LogP contribution in [-0.4, -0.2) is 27.1 Å². The molecule has 0 spiro atoms. The van der Waals surface area contributed by atoms with Crippen molar-refractivity contribution in [2.24, 2.45) is 0 Å². The second-order valence-electron chi connectivity index (χ2n) is 4.70. The number of aromatic nitrogens is 3. The zero-order chi connectivity index (χ0) is 14.4. The highest BCUT2D eigenvalue weighted by molar-refractivity contribution is 5.77. The van der Waals surface area contributed by atoms with Gasteiger partial charge in [-0.1, -0.05) is 18.2 Å². The summed E-state index contributed by atoms with van der Waals surface area (Å²) in [7, 11) is 0. The number of carbonyl (C=O) groups is 1. The van der Waals surface area contributed by atoms with Gasteiger partial charge in [0.1, 0.15) is 12.4 Å². The van der Waals surface area contributed by atoms with Gasteiger partial charge in [-0.3, -0.25) is 9.89 Å². The molecular weight excluding hydrogens is 256 g/mol. The summed E-state index contributed by atoms with van der Waals surface area (Å²) in [5.74, 6) is 1.74. The van der Waals surface area contributed by atoms with E-state index < -0.39 is 0 Å². The lowest BCUT2D eigenvalue weighted by Crippen LogP contribution is -2.31. The maximum absolute atomic E-state index is 11.6. The Morgan fingerprint density at radius 2 is 2.10 bits per heavy atom. The monoisotopic (exact) mass is 274 g/mol. The number of nitrogens with zero attached hydrogens (tertiary/aromatic N) is 2. The van der Waals surface area contributed by atoms with Crippen molar-refractivity contribution in [3.63, 3.8) is 0 Å². The van der Waals surface area contributed by atoms with Gasteiger partial charge in [0.15, 0.2) is 11.6 Å². The van der Waals surface area contributed by atoms with E-state index in [1.807, 2.05) is 44.2 Å². The molecule has 0 unspecified atom stereocenters. The normalized spacial score (nSPS) is 10.6. The van der Waals surface area contributed by atoms with Crippen LogP contribution in [0.25, 0.3) is 0 Å². The molecule has 1 aromatic carbocycles. The Labute approximate surface area is 117 Å². The Balaban J connectivity index is 1.84. The number of rotatable bonds is 6. The molecule has 6 heteroatoms. The van der Waals surface area contributed by atoms with Crippen LogP contribution in [0, 0.1) is 0 Å². The van der Waals surface area contributed by atoms with E-state index in [0.29, 0.717) is 18.3 Å². The zero-order valence-electron chi connectivity index (χ0n) is 11.6. The molecule has 0 saturated carbocycles. The third-order valence-corrected chi connectivity index (χ3v) is 2.47. The van der Waals surface area contributed by atoms with E-state index in [1.54, 1.807) is 0 Å². The highest BCUT2D eigenvalue weighted by atomic mass is 16.5. The van der Waals surface area contributed by atoms with Crippen LogP contribution in [0.1, 0.15) is 25.5 Å². The molecule has 2 aromatic rings. The maximum atomic E-state index is 11.6. The van der Waals surface area contributed by atoms with Crippen molar-refractivity contribution < 1.29 is 9.53 Å². The summed E-state index contributed by atoms with van der Waals surface area (Å²) in [6.45, 7) is 4.12. The quantitative estimate of drug-likeness (QED) is 0.835. The summed E-state index contributed by atoms with van der Waals surface area (Å²) in [6.07, 6.45) is 0.167. The van der Waals surface area contributed by atoms with E-state index in [1.165, 1.54) is 0 Å². The first kappa shape index (κ1) is 14.0. The predicted molar refractivity (Wildman–Crippen MR) is 74.1 cm³/mol. The average molecular weight is 274 g/mol. The first-order valence-electron chi connectivity index (χ1n) is 6.51. The molecular formula is C14H18N4O2. The van der Waals surface area contributed by atoms with Crippen LogP contribution >= 0.6 is 0 Å². The number of hydrogen-bond donors (Lipinski definition) is 2. The molecule has 0 aliphatic rings. The second kappa shape index (κ2) is 6.70. The van der Waals surface area contributed by atoms with Gasteiger partial charge >= 0.3 is 0 Å². The van der Waals surface area contributed by atoms with Gasteiger partial charge < -0.3 is 10.1 Å². The van der Waals surface area contributed by atoms with Crippen molar-refractivity contribution in [3.05, 3.63) is 42.0 Å². The summed E-state index contributed by atoms with van der Waals surface area (Å²) < 4.78 is 5.54. The lowest BCUT2D eigenvalue weighted by Gasteiger charge is -2.05. The van der Waals surface area contributed by atoms with Crippen LogP contribution < -0.4 is 10.1 Å². The standard InChI is InChI=1S/C14H18N4O2/c1-10(2)15-14(19)8-12-16-13(18-17-12)9-20-11-6-4-3-5-7-11/h3-7,10H,8-9H2,1-2H3,(H,15,19)(H,16,17,18). The molecule has 0 radical (unpaired) electrons. The van der Waals surface area contributed by atoms with Crippen molar-refractivity contribution in [1.29, 1.82) is 0 Å². The highest BCUT2D eigenvalue weighted by Gasteiger charge is 2.10. The van der Waals surface area contributed by atoms with Crippen molar-refractivity contribution >= 4 is 5.91 Å². The molecule has 0 saturated heterocycles. The Hall–Kier alpha value is -2.37. The first-order chi connectivity index (χ1) is 9.63. The van der Waals surface area contributed by atoms with Crippen LogP contribution in [0.3, 0.4) is 0 Å². The van der Waals surface area contributed by atoms with E-state index in [0.717, 1.165) is 5.75 Å². The minimum absolute atomic E-state index is 0.0884. The van der Waals surface area contributed by atoms with Crippen LogP contribution in [0.4, 0.5) is 0 Å². The molecule has 1 heterocycles. The number of hydrogen-bond acceptors (Lipinski definition) is 4. The number of H-pyrrole nitrogens is 1. The fourth-order valence-corrected chi connectivity index (χ4v) is 1.66. The number of amides is 1. The van der Waals surface area contributed by atoms with Crippen molar-refractivity contribution in [1.82, 2.24) is 20.5 Å². The van der Waals surface area contributed by atoms with Crippen LogP contribution in [0.2, 0.25) is 0 Å². The fraction of sp³-hybridized carbons (Fsp3) is 0.357. The maximum Gasteiger partial charge on any atom is 0.227 e. The molecule has 6 nitrogen and oxygen atoms in total. The molecule has 2 rings (SSSR count). The van der Waals surface area contributed by atoms with E-state index in [-0.39, 0.29) is 18.4 Å². The Kier molecular flexibility index (Phi) is 4.70. The van der Waals surface area contributed by atoms with Crippen molar-refractivity contribution in [2.45, 2.75) is 32.9 Å². The summed E-state index contributed by atoms with van der Waals surface area (Å²) in [5.41, 5.74) is 0. The molecule has 1 amide bonds. The summed E-state index contributed by atoms with van der Waals surface area (Å²) >= 11 is 0. The topological polar surface area (TPSA) is 79.9 Å². The summed E-state index contributed by atoms with van der Waals surface area (Å²) in [6, 6.07) is 9.57. The molecule has 0 aliphatic heterocycles. The van der Waals surface area contributed by atoms with Crippen molar-refractivity contribution in [3.8, 4) is 5.75 Å². The summed E-state index contributed by atoms with van der Waals surface area (Å²) in [5, 5.41) is 9.56. The molecule has 1 aromatic heterocycles. The number of carbonyl (C=O) groups excluding carboxylic acids is 1. The number of ether oxygens (including phenoxy) is 1. The van der Waals surface area contributed by atoms with Gasteiger partial charge in [0.05, 0.1) is 6.42 Å². The molecule has 0 aliphatic carbocycles. The number of nitrogens with one attached hydrogen (secondary N) is 2. The lowest BCUT2D eigenvalue weighted by atomic mass is 10.3. The third kappa shape index (κ3) is 4.38. The van der Waals surface area contributed by atoms with Crippen molar-refractivity contribution in [2.75, 3.05) is 0 Å². The fourth-order valence-electron chi connectivity index (χ4n) is 1.66. The van der Waals surface area contributed by atoms with Gasteiger partial charge in [0.2, 0.25) is 5.91 Å². The summed E-state index contributed by atoms with van der Waals surface area (Å²) in [4.78, 5) is 15.8. The zero-order valence-corrected chi connectivity index (χ0v) is 11.6. The van der Waals surface area contributed by atoms with E-state index in [4.69, 9.17) is 4.74 Å². The van der Waals surface area contributed by atoms with Gasteiger partial charge in [-0.15, -0.1) is 0 Å². The minimum atomic E-state index is -0.0884. The Bertz CT molecular complexity index is 551. The molecule has 0 fully saturated rings. The minimum Gasteiger partial charge on any atom is -0.486 e. The second-order valence-corrected chi connectivity index (χ2v) is 4.70. The first-order valence-corrected chi connectivity index (χ1v) is 6.51. The Morgan fingerprint density at radius 1 is 1.35 bits per heavy atom. The third-order valence-electron chi connectivity index (χ3n) is 2.47. The average Bonchev–Trinajstić information content (AvgIpc) is 2.84. The predicted octanol–water partition coefficient (Wildman–Crippen LogP) is 1.45.